The molecule has 0 bridgehead atoms. The normalized spacial score (nSPS) is 10.5. The smallest absolute Gasteiger partial charge is 0.251 e. The summed E-state index contributed by atoms with van der Waals surface area (Å²) < 4.78 is 10.2. The summed E-state index contributed by atoms with van der Waals surface area (Å²) in [5.74, 6) is 0.0649. The van der Waals surface area contributed by atoms with E-state index in [4.69, 9.17) is 9.47 Å². The Kier molecular flexibility index (Phi) is 7.69. The van der Waals surface area contributed by atoms with Gasteiger partial charge in [-0.05, 0) is 43.5 Å². The number of aromatic hydroxyl groups is 1. The van der Waals surface area contributed by atoms with Gasteiger partial charge < -0.3 is 19.9 Å². The van der Waals surface area contributed by atoms with Crippen LogP contribution in [0, 0.1) is 6.92 Å². The third-order valence-corrected chi connectivity index (χ3v) is 2.89. The van der Waals surface area contributed by atoms with Crippen molar-refractivity contribution in [2.24, 2.45) is 0 Å². The fraction of sp³-hybridized carbons (Fsp3) is 0.533. The molecule has 20 heavy (non-hydrogen) atoms. The molecule has 5 heteroatoms. The first kappa shape index (κ1) is 16.5. The number of aryl methyl sites for hydroxylation is 1. The molecule has 0 aliphatic rings. The number of rotatable bonds is 9. The minimum Gasteiger partial charge on any atom is -0.508 e. The minimum atomic E-state index is -0.109. The number of nitrogens with one attached hydrogen (secondary N) is 1. The summed E-state index contributed by atoms with van der Waals surface area (Å²) in [6, 6.07) is 4.73. The average Bonchev–Trinajstić information content (AvgIpc) is 2.41. The zero-order valence-electron chi connectivity index (χ0n) is 12.1. The topological polar surface area (TPSA) is 67.8 Å². The van der Waals surface area contributed by atoms with Crippen LogP contribution in [0.4, 0.5) is 0 Å². The summed E-state index contributed by atoms with van der Waals surface area (Å²) in [4.78, 5) is 11.9. The molecule has 0 aromatic heterocycles. The number of carbonyl (C=O) groups is 1. The summed E-state index contributed by atoms with van der Waals surface area (Å²) >= 11 is 0. The second-order valence-corrected chi connectivity index (χ2v) is 4.57. The number of hydrogen-bond acceptors (Lipinski definition) is 4. The Labute approximate surface area is 119 Å². The third-order valence-electron chi connectivity index (χ3n) is 2.89. The quantitative estimate of drug-likeness (QED) is 0.678. The number of methoxy groups -OCH3 is 1. The van der Waals surface area contributed by atoms with Gasteiger partial charge in [0.2, 0.25) is 0 Å². The highest BCUT2D eigenvalue weighted by molar-refractivity contribution is 5.95. The Hall–Kier alpha value is -1.59. The van der Waals surface area contributed by atoms with Crippen molar-refractivity contribution < 1.29 is 19.4 Å². The van der Waals surface area contributed by atoms with Gasteiger partial charge in [-0.25, -0.2) is 0 Å². The summed E-state index contributed by atoms with van der Waals surface area (Å²) in [6.45, 7) is 4.31. The number of carbonyl (C=O) groups excluding carboxylic acids is 1. The van der Waals surface area contributed by atoms with Crippen molar-refractivity contribution in [3.05, 3.63) is 29.3 Å². The largest absolute Gasteiger partial charge is 0.508 e. The summed E-state index contributed by atoms with van der Waals surface area (Å²) in [7, 11) is 1.64. The molecule has 0 spiro atoms. The van der Waals surface area contributed by atoms with Crippen LogP contribution in [-0.4, -0.2) is 44.5 Å². The molecule has 1 aromatic rings. The molecule has 2 N–H and O–H groups in total. The maximum atomic E-state index is 11.9. The first-order valence-corrected chi connectivity index (χ1v) is 6.79. The van der Waals surface area contributed by atoms with Crippen molar-refractivity contribution in [2.75, 3.05) is 33.5 Å². The van der Waals surface area contributed by atoms with E-state index < -0.39 is 0 Å². The Morgan fingerprint density at radius 3 is 2.75 bits per heavy atom. The number of phenols is 1. The molecule has 1 aromatic carbocycles. The number of hydrogen-bond donors (Lipinski definition) is 2. The van der Waals surface area contributed by atoms with Crippen LogP contribution < -0.4 is 5.32 Å². The number of ether oxygens (including phenoxy) is 2. The molecule has 0 unspecified atom stereocenters. The van der Waals surface area contributed by atoms with Crippen molar-refractivity contribution in [2.45, 2.75) is 19.8 Å². The molecule has 0 aliphatic carbocycles. The molecule has 0 saturated carbocycles. The number of benzene rings is 1. The summed E-state index contributed by atoms with van der Waals surface area (Å²) in [6.07, 6.45) is 1.77. The minimum absolute atomic E-state index is 0.109. The van der Waals surface area contributed by atoms with Gasteiger partial charge in [-0.15, -0.1) is 0 Å². The number of amides is 1. The second-order valence-electron chi connectivity index (χ2n) is 4.57. The van der Waals surface area contributed by atoms with Gasteiger partial charge in [0.25, 0.3) is 5.91 Å². The van der Waals surface area contributed by atoms with Crippen LogP contribution in [0.25, 0.3) is 0 Å². The Morgan fingerprint density at radius 1 is 1.25 bits per heavy atom. The van der Waals surface area contributed by atoms with Crippen LogP contribution in [0.15, 0.2) is 18.2 Å². The first-order valence-electron chi connectivity index (χ1n) is 6.79. The van der Waals surface area contributed by atoms with Crippen LogP contribution >= 0.6 is 0 Å². The highest BCUT2D eigenvalue weighted by atomic mass is 16.5. The van der Waals surface area contributed by atoms with Crippen molar-refractivity contribution in [1.29, 1.82) is 0 Å². The van der Waals surface area contributed by atoms with Gasteiger partial charge in [0.1, 0.15) is 5.75 Å². The van der Waals surface area contributed by atoms with E-state index in [0.717, 1.165) is 18.4 Å². The predicted molar refractivity (Wildman–Crippen MR) is 77.1 cm³/mol. The zero-order valence-corrected chi connectivity index (χ0v) is 12.1. The van der Waals surface area contributed by atoms with Gasteiger partial charge in [-0.2, -0.15) is 0 Å². The van der Waals surface area contributed by atoms with E-state index in [0.29, 0.717) is 31.9 Å². The fourth-order valence-electron chi connectivity index (χ4n) is 1.77. The van der Waals surface area contributed by atoms with Gasteiger partial charge in [0.05, 0.1) is 13.2 Å². The van der Waals surface area contributed by atoms with Crippen LogP contribution in [0.3, 0.4) is 0 Å². The lowest BCUT2D eigenvalue weighted by molar-refractivity contribution is 0.0686. The average molecular weight is 281 g/mol. The van der Waals surface area contributed by atoms with Crippen LogP contribution in [0.1, 0.15) is 28.8 Å². The first-order chi connectivity index (χ1) is 9.65. The highest BCUT2D eigenvalue weighted by Gasteiger charge is 2.08. The molecular weight excluding hydrogens is 258 g/mol. The molecule has 1 amide bonds. The van der Waals surface area contributed by atoms with E-state index in [1.165, 1.54) is 6.07 Å². The fourth-order valence-corrected chi connectivity index (χ4v) is 1.77. The van der Waals surface area contributed by atoms with Gasteiger partial charge in [-0.1, -0.05) is 0 Å². The van der Waals surface area contributed by atoms with E-state index in [-0.39, 0.29) is 11.7 Å². The Balaban J connectivity index is 2.17. The molecule has 0 heterocycles. The molecule has 112 valence electrons. The van der Waals surface area contributed by atoms with Crippen molar-refractivity contribution >= 4 is 5.91 Å². The Morgan fingerprint density at radius 2 is 2.05 bits per heavy atom. The molecule has 1 rings (SSSR count). The monoisotopic (exact) mass is 281 g/mol. The molecule has 0 radical (unpaired) electrons. The number of phenolic OH excluding ortho intramolecular Hbond substituents is 1. The molecule has 0 aliphatic heterocycles. The van der Waals surface area contributed by atoms with Gasteiger partial charge in [-0.3, -0.25) is 4.79 Å². The van der Waals surface area contributed by atoms with Crippen molar-refractivity contribution in [1.82, 2.24) is 5.32 Å². The van der Waals surface area contributed by atoms with Crippen LogP contribution in [0.5, 0.6) is 5.75 Å². The van der Waals surface area contributed by atoms with Gasteiger partial charge in [0, 0.05) is 25.8 Å². The van der Waals surface area contributed by atoms with E-state index >= 15 is 0 Å². The third kappa shape index (κ3) is 6.04. The van der Waals surface area contributed by atoms with Crippen LogP contribution in [0.2, 0.25) is 0 Å². The second kappa shape index (κ2) is 9.34. The predicted octanol–water partition coefficient (Wildman–Crippen LogP) is 1.87. The standard InChI is InChI=1S/C15H23NO4/c1-12-11-13(17)5-6-14(12)15(18)16-7-3-4-8-20-10-9-19-2/h5-6,11,17H,3-4,7-10H2,1-2H3,(H,16,18). The molecule has 0 saturated heterocycles. The van der Waals surface area contributed by atoms with Crippen molar-refractivity contribution in [3.63, 3.8) is 0 Å². The van der Waals surface area contributed by atoms with E-state index in [1.54, 1.807) is 26.2 Å². The highest BCUT2D eigenvalue weighted by Crippen LogP contribution is 2.15. The molecule has 0 atom stereocenters. The number of unbranched alkanes of at least 4 members (excludes halogenated alkanes) is 1. The van der Waals surface area contributed by atoms with E-state index in [2.05, 4.69) is 5.32 Å². The lowest BCUT2D eigenvalue weighted by Crippen LogP contribution is -2.25. The Bertz CT molecular complexity index is 420. The summed E-state index contributed by atoms with van der Waals surface area (Å²) in [5, 5.41) is 12.2. The van der Waals surface area contributed by atoms with Gasteiger partial charge >= 0.3 is 0 Å². The molecule has 5 nitrogen and oxygen atoms in total. The maximum Gasteiger partial charge on any atom is 0.251 e. The lowest BCUT2D eigenvalue weighted by Gasteiger charge is -2.08. The maximum absolute atomic E-state index is 11.9. The van der Waals surface area contributed by atoms with Crippen LogP contribution in [-0.2, 0) is 9.47 Å². The van der Waals surface area contributed by atoms with E-state index in [9.17, 15) is 9.90 Å². The molecular formula is C15H23NO4. The molecule has 0 fully saturated rings. The summed E-state index contributed by atoms with van der Waals surface area (Å²) in [5.41, 5.74) is 1.37. The van der Waals surface area contributed by atoms with E-state index in [1.807, 2.05) is 0 Å². The lowest BCUT2D eigenvalue weighted by atomic mass is 10.1. The SMILES string of the molecule is COCCOCCCCNC(=O)c1ccc(O)cc1C. The van der Waals surface area contributed by atoms with Crippen molar-refractivity contribution in [3.8, 4) is 5.75 Å². The zero-order chi connectivity index (χ0) is 14.8. The van der Waals surface area contributed by atoms with Gasteiger partial charge in [0.15, 0.2) is 0 Å².